The van der Waals surface area contributed by atoms with Crippen LogP contribution in [0.2, 0.25) is 0 Å². The van der Waals surface area contributed by atoms with E-state index in [1.807, 2.05) is 0 Å². The zero-order valence-electron chi connectivity index (χ0n) is 55.3. The molecule has 0 saturated carbocycles. The Morgan fingerprint density at radius 3 is 1.30 bits per heavy atom. The highest BCUT2D eigenvalue weighted by molar-refractivity contribution is 8.05. The number of phenols is 2. The van der Waals surface area contributed by atoms with E-state index in [1.165, 1.54) is 48.5 Å². The van der Waals surface area contributed by atoms with Crippen molar-refractivity contribution < 1.29 is 123 Å². The molecule has 25 N–H and O–H groups in total. The van der Waals surface area contributed by atoms with Crippen LogP contribution in [0.25, 0.3) is 0 Å². The van der Waals surface area contributed by atoms with Crippen molar-refractivity contribution in [1.29, 1.82) is 0 Å². The van der Waals surface area contributed by atoms with Gasteiger partial charge in [0.2, 0.25) is 53.2 Å². The van der Waals surface area contributed by atoms with Gasteiger partial charge in [-0.15, -0.1) is 23.5 Å². The number of hydrogen-bond acceptors (Lipinski definition) is 27. The Hall–Kier alpha value is -7.18. The van der Waals surface area contributed by atoms with Gasteiger partial charge in [0, 0.05) is 48.2 Å². The van der Waals surface area contributed by atoms with Gasteiger partial charge in [-0.1, -0.05) is 52.0 Å². The minimum atomic E-state index is -1.86. The number of primary amides is 2. The molecule has 38 heteroatoms. The fourth-order valence-corrected chi connectivity index (χ4v) is 14.6. The Balaban J connectivity index is 1.86. The maximum absolute atomic E-state index is 15.3. The Bertz CT molecular complexity index is 3050. The highest BCUT2D eigenvalue weighted by atomic mass is 32.2. The molecule has 0 bridgehead atoms. The molecule has 0 aromatic heterocycles. The summed E-state index contributed by atoms with van der Waals surface area (Å²) in [5.41, 5.74) is 14.6. The van der Waals surface area contributed by atoms with Crippen LogP contribution >= 0.6 is 35.3 Å². The van der Waals surface area contributed by atoms with Gasteiger partial charge in [0.25, 0.3) is 0 Å². The fraction of sp³-hybridized carbons (Fsp3) is 0.629. The maximum Gasteiger partial charge on any atom is 0.305 e. The zero-order valence-corrected chi connectivity index (χ0v) is 57.7. The Labute approximate surface area is 587 Å². The predicted molar refractivity (Wildman–Crippen MR) is 359 cm³/mol. The number of carboxylic acids is 2. The lowest BCUT2D eigenvalue weighted by atomic mass is 10.00. The molecule has 560 valence electrons. The number of hydrogen-bond donors (Lipinski definition) is 22. The van der Waals surface area contributed by atoms with Gasteiger partial charge in [-0.3, -0.25) is 52.7 Å². The van der Waals surface area contributed by atoms with Crippen molar-refractivity contribution in [2.75, 3.05) is 30.5 Å². The number of carbonyl (C=O) groups is 11. The van der Waals surface area contributed by atoms with E-state index in [4.69, 9.17) is 26.7 Å². The third-order valence-electron chi connectivity index (χ3n) is 15.7. The quantitative estimate of drug-likeness (QED) is 0.0294. The molecule has 2 saturated heterocycles. The van der Waals surface area contributed by atoms with Crippen molar-refractivity contribution in [1.82, 2.24) is 37.2 Å². The van der Waals surface area contributed by atoms with Crippen molar-refractivity contribution in [3.05, 3.63) is 59.7 Å². The Kier molecular flexibility index (Phi) is 35.5. The first-order chi connectivity index (χ1) is 47.0. The largest absolute Gasteiger partial charge is 0.508 e. The van der Waals surface area contributed by atoms with Gasteiger partial charge in [0.1, 0.15) is 113 Å². The first kappa shape index (κ1) is 85.2. The first-order valence-electron chi connectivity index (χ1n) is 31.9. The summed E-state index contributed by atoms with van der Waals surface area (Å²) in [6, 6.07) is -2.71. The normalized spacial score (nSPS) is 23.4. The monoisotopic (exact) mass is 1470 g/mol. The molecule has 2 aliphatic rings. The number of rotatable bonds is 42. The second-order valence-corrected chi connectivity index (χ2v) is 28.6. The standard InChI is InChI=1S/C62H94N10O25S3/c1-27(2)17-37(53(65)88)68-56(91)35(13-15-44(64)77)66-55(90)36(14-16-45(78)79)67-58(93)39(19-29-5-9-31(75)10-6-29)71-60(95)41(72-59(94)40(20-30-7-11-32(76)12-8-30)70-57(92)38(18-28(3)4)69-54(89)34(63)21-46(80)81)26-98-24-33(100-62-52(87)50(85)48(83)43(23-74)97-62)25-99-61-51(86)49(84)47(82)42(22-73)96-61/h5-12,27-28,33-43,47-52,61-62,73-76,82-87H,13-26,63H2,1-4H3,(H2,64,77)(H2,65,88)(H,66,90)(H,67,93)(H,68,91)(H,69,89)(H,70,92)(H,71,95)(H,72,94)(H,78,79)(H,80,81)/t33?,34-,35-,36-,37-,38-,39-,40-,41-,42+,43+,47+,48+,49-,50-,51+,52+,61-,62-/m0/s1. The SMILES string of the molecule is CC(C)C[C@H](NC(=O)[C@H](CCC(N)=O)NC(=O)[C@H](CCC(=O)O)NC(=O)[C@H](Cc1ccc(O)cc1)NC(=O)[C@H](CSCC(CS[C@@H]1O[C@H](CO)[C@@H](O)[C@H](O)[C@H]1O)S[C@@H]1O[C@H](CO)[C@@H](O)[C@H](O)[C@H]1O)NC(=O)[C@H](Cc1ccc(O)cc1)NC(=O)[C@H](CC(C)C)NC(=O)[C@@H](N)CC(=O)O)C(N)=O. The molecule has 1 unspecified atom stereocenters. The number of carboxylic acid groups (broad SMARTS) is 2. The topological polar surface area (TPSA) is 611 Å². The van der Waals surface area contributed by atoms with Crippen molar-refractivity contribution in [3.63, 3.8) is 0 Å². The number of phenolic OH excluding ortho intramolecular Hbond substituents is 2. The summed E-state index contributed by atoms with van der Waals surface area (Å²) in [5, 5.41) is 141. The van der Waals surface area contributed by atoms with Gasteiger partial charge < -0.3 is 125 Å². The van der Waals surface area contributed by atoms with Crippen molar-refractivity contribution in [2.24, 2.45) is 29.0 Å². The number of carbonyl (C=O) groups excluding carboxylic acids is 9. The summed E-state index contributed by atoms with van der Waals surface area (Å²) >= 11 is 2.57. The smallest absolute Gasteiger partial charge is 0.305 e. The van der Waals surface area contributed by atoms with Crippen molar-refractivity contribution >= 4 is 100 Å². The second kappa shape index (κ2) is 41.7. The molecular weight excluding hydrogens is 1380 g/mol. The number of nitrogens with two attached hydrogens (primary N) is 3. The zero-order chi connectivity index (χ0) is 74.8. The van der Waals surface area contributed by atoms with E-state index in [0.29, 0.717) is 5.56 Å². The number of aliphatic hydroxyl groups is 8. The summed E-state index contributed by atoms with van der Waals surface area (Å²) in [6.07, 6.45) is -17.7. The number of aromatic hydroxyl groups is 2. The third-order valence-corrected chi connectivity index (χ3v) is 20.1. The van der Waals surface area contributed by atoms with E-state index in [1.54, 1.807) is 27.7 Å². The van der Waals surface area contributed by atoms with Gasteiger partial charge in [0.05, 0.1) is 25.7 Å². The van der Waals surface area contributed by atoms with Crippen LogP contribution < -0.4 is 54.4 Å². The van der Waals surface area contributed by atoms with Crippen LogP contribution in [-0.4, -0.2) is 270 Å². The Morgan fingerprint density at radius 2 is 0.860 bits per heavy atom. The molecule has 9 amide bonds. The Morgan fingerprint density at radius 1 is 0.470 bits per heavy atom. The average Bonchev–Trinajstić information content (AvgIpc) is 0.825. The number of nitrogens with one attached hydrogen (secondary N) is 7. The lowest BCUT2D eigenvalue weighted by Crippen LogP contribution is -2.61. The molecule has 2 fully saturated rings. The van der Waals surface area contributed by atoms with Crippen LogP contribution in [0.4, 0.5) is 0 Å². The number of thioether (sulfide) groups is 3. The van der Waals surface area contributed by atoms with Crippen LogP contribution in [0.1, 0.15) is 83.8 Å². The molecule has 2 heterocycles. The molecule has 2 aromatic carbocycles. The number of aliphatic carboxylic acids is 2. The molecular formula is C62H94N10O25S3. The summed E-state index contributed by atoms with van der Waals surface area (Å²) in [7, 11) is 0. The van der Waals surface area contributed by atoms with E-state index < -0.39 is 242 Å². The van der Waals surface area contributed by atoms with Gasteiger partial charge in [-0.25, -0.2) is 0 Å². The van der Waals surface area contributed by atoms with Crippen molar-refractivity contribution in [2.45, 2.75) is 199 Å². The molecule has 0 radical (unpaired) electrons. The van der Waals surface area contributed by atoms with Crippen LogP contribution in [0.15, 0.2) is 48.5 Å². The van der Waals surface area contributed by atoms with Crippen LogP contribution in [0.5, 0.6) is 11.5 Å². The minimum Gasteiger partial charge on any atom is -0.508 e. The van der Waals surface area contributed by atoms with Crippen LogP contribution in [0.3, 0.4) is 0 Å². The summed E-state index contributed by atoms with van der Waals surface area (Å²) in [5.74, 6) is -14.2. The number of ether oxygens (including phenoxy) is 2. The fourth-order valence-electron chi connectivity index (χ4n) is 10.3. The second-order valence-electron chi connectivity index (χ2n) is 25.0. The average molecular weight is 1480 g/mol. The highest BCUT2D eigenvalue weighted by Gasteiger charge is 2.47. The van der Waals surface area contributed by atoms with E-state index in [2.05, 4.69) is 37.2 Å². The lowest BCUT2D eigenvalue weighted by Gasteiger charge is -2.41. The van der Waals surface area contributed by atoms with Crippen molar-refractivity contribution in [3.8, 4) is 11.5 Å². The number of amides is 9. The molecule has 2 aliphatic heterocycles. The van der Waals surface area contributed by atoms with E-state index >= 15 is 9.59 Å². The molecule has 35 nitrogen and oxygen atoms in total. The maximum atomic E-state index is 15.3. The molecule has 4 rings (SSSR count). The number of aliphatic hydroxyl groups excluding tert-OH is 8. The van der Waals surface area contributed by atoms with Gasteiger partial charge in [-0.05, 0) is 72.9 Å². The molecule has 2 aromatic rings. The van der Waals surface area contributed by atoms with Gasteiger partial charge in [-0.2, -0.15) is 11.8 Å². The van der Waals surface area contributed by atoms with Gasteiger partial charge >= 0.3 is 11.9 Å². The molecule has 100 heavy (non-hydrogen) atoms. The molecule has 19 atom stereocenters. The van der Waals surface area contributed by atoms with Gasteiger partial charge in [0.15, 0.2) is 0 Å². The predicted octanol–water partition coefficient (Wildman–Crippen LogP) is -6.05. The van der Waals surface area contributed by atoms with E-state index in [9.17, 15) is 104 Å². The van der Waals surface area contributed by atoms with E-state index in [-0.39, 0.29) is 53.2 Å². The minimum absolute atomic E-state index is 0.0521. The molecule has 0 spiro atoms. The third kappa shape index (κ3) is 28.0. The summed E-state index contributed by atoms with van der Waals surface area (Å²) in [4.78, 5) is 149. The van der Waals surface area contributed by atoms with Crippen LogP contribution in [0, 0.1) is 11.8 Å². The van der Waals surface area contributed by atoms with E-state index in [0.717, 1.165) is 35.3 Å². The molecule has 0 aliphatic carbocycles. The lowest BCUT2D eigenvalue weighted by molar-refractivity contribution is -0.205. The van der Waals surface area contributed by atoms with Crippen LogP contribution in [-0.2, 0) is 75.1 Å². The summed E-state index contributed by atoms with van der Waals surface area (Å²) < 4.78 is 11.5. The first-order valence-corrected chi connectivity index (χ1v) is 35.1. The number of benzene rings is 2. The highest BCUT2D eigenvalue weighted by Crippen LogP contribution is 2.37. The summed E-state index contributed by atoms with van der Waals surface area (Å²) in [6.45, 7) is 5.23.